The molecule has 1 aliphatic heterocycles. The average Bonchev–Trinajstić information content (AvgIpc) is 3.12. The maximum Gasteiger partial charge on any atom is 0.453 e. The van der Waals surface area contributed by atoms with Crippen LogP contribution in [-0.4, -0.2) is 55.6 Å². The molecule has 0 N–H and O–H groups in total. The number of nitro benzene ring substituents is 1. The first-order valence-electron chi connectivity index (χ1n) is 9.23. The maximum atomic E-state index is 13.0. The van der Waals surface area contributed by atoms with Crippen molar-refractivity contribution in [2.75, 3.05) is 31.1 Å². The Morgan fingerprint density at radius 3 is 2.53 bits per heavy atom. The number of fused-ring (bicyclic) bond motifs is 1. The molecule has 3 aromatic rings. The Morgan fingerprint density at radius 2 is 1.87 bits per heavy atom. The van der Waals surface area contributed by atoms with Crippen LogP contribution >= 0.6 is 0 Å². The summed E-state index contributed by atoms with van der Waals surface area (Å²) in [6, 6.07) is 8.19. The van der Waals surface area contributed by atoms with E-state index in [2.05, 4.69) is 20.0 Å². The molecule has 3 heterocycles. The van der Waals surface area contributed by atoms with Crippen LogP contribution in [0, 0.1) is 17.0 Å². The Labute approximate surface area is 168 Å². The molecule has 12 heteroatoms. The van der Waals surface area contributed by atoms with E-state index in [4.69, 9.17) is 0 Å². The van der Waals surface area contributed by atoms with Gasteiger partial charge in [-0.15, -0.1) is 5.10 Å². The molecule has 0 unspecified atom stereocenters. The Balaban J connectivity index is 1.50. The van der Waals surface area contributed by atoms with Gasteiger partial charge in [-0.25, -0.2) is 4.98 Å². The number of aromatic nitrogens is 4. The van der Waals surface area contributed by atoms with Crippen LogP contribution < -0.4 is 4.90 Å². The van der Waals surface area contributed by atoms with E-state index < -0.39 is 16.9 Å². The molecule has 0 radical (unpaired) electrons. The van der Waals surface area contributed by atoms with Gasteiger partial charge in [0.2, 0.25) is 0 Å². The standard InChI is InChI=1S/C18H18F3N7O2/c1-12-9-15(27-17(22-12)23-16(24-27)18(19,20)21)26-7-5-25(6-8-26)11-13-3-2-4-14(10-13)28(29)30/h2-4,9-10H,5-8,11H2,1H3. The molecule has 2 aromatic heterocycles. The lowest BCUT2D eigenvalue weighted by molar-refractivity contribution is -0.384. The third-order valence-corrected chi connectivity index (χ3v) is 4.90. The predicted molar refractivity (Wildman–Crippen MR) is 101 cm³/mol. The summed E-state index contributed by atoms with van der Waals surface area (Å²) in [5, 5.41) is 14.6. The highest BCUT2D eigenvalue weighted by molar-refractivity contribution is 5.48. The Bertz CT molecular complexity index is 1090. The quantitative estimate of drug-likeness (QED) is 0.472. The van der Waals surface area contributed by atoms with Gasteiger partial charge in [-0.3, -0.25) is 15.0 Å². The number of nitro groups is 1. The SMILES string of the molecule is Cc1cc(N2CCN(Cc3cccc([N+](=O)[O-])c3)CC2)n2nc(C(F)(F)F)nc2n1. The normalized spacial score (nSPS) is 15.7. The first-order valence-corrected chi connectivity index (χ1v) is 9.23. The fourth-order valence-corrected chi connectivity index (χ4v) is 3.47. The van der Waals surface area contributed by atoms with E-state index >= 15 is 0 Å². The average molecular weight is 421 g/mol. The van der Waals surface area contributed by atoms with Crippen molar-refractivity contribution in [3.05, 3.63) is 57.5 Å². The van der Waals surface area contributed by atoms with Crippen molar-refractivity contribution in [3.63, 3.8) is 0 Å². The molecule has 0 amide bonds. The van der Waals surface area contributed by atoms with Gasteiger partial charge in [0.1, 0.15) is 5.82 Å². The Hall–Kier alpha value is -3.28. The molecule has 0 bridgehead atoms. The van der Waals surface area contributed by atoms with Crippen molar-refractivity contribution in [2.24, 2.45) is 0 Å². The summed E-state index contributed by atoms with van der Waals surface area (Å²) < 4.78 is 40.2. The summed E-state index contributed by atoms with van der Waals surface area (Å²) in [6.07, 6.45) is -4.64. The van der Waals surface area contributed by atoms with E-state index in [9.17, 15) is 23.3 Å². The van der Waals surface area contributed by atoms with Crippen LogP contribution in [0.25, 0.3) is 5.78 Å². The minimum Gasteiger partial charge on any atom is -0.354 e. The number of benzene rings is 1. The van der Waals surface area contributed by atoms with Gasteiger partial charge in [-0.1, -0.05) is 12.1 Å². The van der Waals surface area contributed by atoms with Crippen LogP contribution in [0.2, 0.25) is 0 Å². The monoisotopic (exact) mass is 421 g/mol. The van der Waals surface area contributed by atoms with Gasteiger partial charge in [0.25, 0.3) is 17.3 Å². The smallest absolute Gasteiger partial charge is 0.354 e. The number of alkyl halides is 3. The Kier molecular flexibility index (Phi) is 5.02. The third kappa shape index (κ3) is 4.03. The first kappa shape index (κ1) is 20.0. The third-order valence-electron chi connectivity index (χ3n) is 4.90. The van der Waals surface area contributed by atoms with Crippen LogP contribution in [-0.2, 0) is 12.7 Å². The molecule has 9 nitrogen and oxygen atoms in total. The molecule has 1 aromatic carbocycles. The number of rotatable bonds is 4. The minimum atomic E-state index is -4.64. The van der Waals surface area contributed by atoms with Gasteiger partial charge in [0.05, 0.1) is 4.92 Å². The summed E-state index contributed by atoms with van der Waals surface area (Å²) in [7, 11) is 0. The highest BCUT2D eigenvalue weighted by Crippen LogP contribution is 2.28. The topological polar surface area (TPSA) is 92.7 Å². The lowest BCUT2D eigenvalue weighted by Gasteiger charge is -2.35. The molecule has 158 valence electrons. The highest BCUT2D eigenvalue weighted by atomic mass is 19.4. The molecule has 4 rings (SSSR count). The summed E-state index contributed by atoms with van der Waals surface area (Å²) in [5.41, 5.74) is 1.44. The van der Waals surface area contributed by atoms with Gasteiger partial charge in [0, 0.05) is 56.6 Å². The maximum absolute atomic E-state index is 13.0. The number of halogens is 3. The molecule has 1 saturated heterocycles. The molecule has 0 atom stereocenters. The molecule has 0 spiro atoms. The van der Waals surface area contributed by atoms with Gasteiger partial charge < -0.3 is 4.90 Å². The fraction of sp³-hybridized carbons (Fsp3) is 0.389. The summed E-state index contributed by atoms with van der Waals surface area (Å²) in [4.78, 5) is 22.2. The van der Waals surface area contributed by atoms with E-state index in [0.29, 0.717) is 44.2 Å². The number of anilines is 1. The van der Waals surface area contributed by atoms with Gasteiger partial charge in [0.15, 0.2) is 0 Å². The molecular formula is C18H18F3N7O2. The zero-order chi connectivity index (χ0) is 21.5. The van der Waals surface area contributed by atoms with E-state index in [-0.39, 0.29) is 11.5 Å². The molecule has 0 aliphatic carbocycles. The summed E-state index contributed by atoms with van der Waals surface area (Å²) in [5.74, 6) is -0.794. The van der Waals surface area contributed by atoms with Crippen LogP contribution in [0.4, 0.5) is 24.7 Å². The molecular weight excluding hydrogens is 403 g/mol. The Morgan fingerprint density at radius 1 is 1.13 bits per heavy atom. The number of piperazine rings is 1. The fourth-order valence-electron chi connectivity index (χ4n) is 3.47. The van der Waals surface area contributed by atoms with Crippen LogP contribution in [0.15, 0.2) is 30.3 Å². The number of aryl methyl sites for hydroxylation is 1. The van der Waals surface area contributed by atoms with Gasteiger partial charge >= 0.3 is 6.18 Å². The van der Waals surface area contributed by atoms with Crippen molar-refractivity contribution in [1.29, 1.82) is 0 Å². The molecule has 1 fully saturated rings. The summed E-state index contributed by atoms with van der Waals surface area (Å²) >= 11 is 0. The van der Waals surface area contributed by atoms with Crippen LogP contribution in [0.3, 0.4) is 0 Å². The zero-order valence-corrected chi connectivity index (χ0v) is 16.0. The largest absolute Gasteiger partial charge is 0.453 e. The highest BCUT2D eigenvalue weighted by Gasteiger charge is 2.37. The summed E-state index contributed by atoms with van der Waals surface area (Å²) in [6.45, 7) is 4.67. The van der Waals surface area contributed by atoms with Crippen LogP contribution in [0.1, 0.15) is 17.1 Å². The van der Waals surface area contributed by atoms with Gasteiger partial charge in [-0.05, 0) is 12.5 Å². The molecule has 0 saturated carbocycles. The van der Waals surface area contributed by atoms with E-state index in [0.717, 1.165) is 10.1 Å². The lowest BCUT2D eigenvalue weighted by Crippen LogP contribution is -2.46. The number of hydrogen-bond donors (Lipinski definition) is 0. The predicted octanol–water partition coefficient (Wildman–Crippen LogP) is 2.68. The van der Waals surface area contributed by atoms with Crippen molar-refractivity contribution in [2.45, 2.75) is 19.6 Å². The van der Waals surface area contributed by atoms with Crippen LogP contribution in [0.5, 0.6) is 0 Å². The number of non-ortho nitro benzene ring substituents is 1. The second kappa shape index (κ2) is 7.52. The molecule has 1 aliphatic rings. The minimum absolute atomic E-state index is 0.0486. The van der Waals surface area contributed by atoms with Crippen molar-refractivity contribution in [1.82, 2.24) is 24.5 Å². The van der Waals surface area contributed by atoms with E-state index in [1.54, 1.807) is 25.1 Å². The van der Waals surface area contributed by atoms with E-state index in [1.807, 2.05) is 11.0 Å². The molecule has 30 heavy (non-hydrogen) atoms. The second-order valence-corrected chi connectivity index (χ2v) is 7.09. The lowest BCUT2D eigenvalue weighted by atomic mass is 10.1. The van der Waals surface area contributed by atoms with E-state index in [1.165, 1.54) is 6.07 Å². The van der Waals surface area contributed by atoms with Crippen molar-refractivity contribution >= 4 is 17.3 Å². The zero-order valence-electron chi connectivity index (χ0n) is 16.0. The second-order valence-electron chi connectivity index (χ2n) is 7.09. The number of nitrogens with zero attached hydrogens (tertiary/aromatic N) is 7. The first-order chi connectivity index (χ1) is 14.2. The van der Waals surface area contributed by atoms with Crippen molar-refractivity contribution < 1.29 is 18.1 Å². The van der Waals surface area contributed by atoms with Crippen molar-refractivity contribution in [3.8, 4) is 0 Å². The van der Waals surface area contributed by atoms with Gasteiger partial charge in [-0.2, -0.15) is 22.7 Å². The number of hydrogen-bond acceptors (Lipinski definition) is 7.